The second-order valence-corrected chi connectivity index (χ2v) is 5.71. The lowest BCUT2D eigenvalue weighted by Crippen LogP contribution is -2.49. The summed E-state index contributed by atoms with van der Waals surface area (Å²) in [5.41, 5.74) is 0. The molecule has 0 bridgehead atoms. The van der Waals surface area contributed by atoms with Crippen molar-refractivity contribution in [2.45, 2.75) is 44.9 Å². The lowest BCUT2D eigenvalue weighted by molar-refractivity contribution is -0.140. The molecule has 1 unspecified atom stereocenters. The lowest BCUT2D eigenvalue weighted by atomic mass is 9.99. The first-order valence-corrected chi connectivity index (χ1v) is 7.51. The zero-order chi connectivity index (χ0) is 14.1. The number of nitrogens with one attached hydrogen (secondary N) is 2. The van der Waals surface area contributed by atoms with Crippen molar-refractivity contribution >= 4 is 23.8 Å². The Labute approximate surface area is 113 Å². The fourth-order valence-electron chi connectivity index (χ4n) is 1.38. The average molecular weight is 276 g/mol. The van der Waals surface area contributed by atoms with Crippen molar-refractivity contribution < 1.29 is 14.7 Å². The van der Waals surface area contributed by atoms with Crippen LogP contribution in [0.3, 0.4) is 0 Å². The standard InChI is InChI=1S/C12H24N2O3S/c1-5-8(2)10(11(15)16)14-12(17)13-7-6-9(3)18-4/h8-10H,5-7H2,1-4H3,(H,15,16)(H2,13,14,17)/t8-,9?,10-/m0/s1. The lowest BCUT2D eigenvalue weighted by Gasteiger charge is -2.20. The highest BCUT2D eigenvalue weighted by Crippen LogP contribution is 2.09. The van der Waals surface area contributed by atoms with Crippen molar-refractivity contribution in [1.82, 2.24) is 10.6 Å². The first kappa shape index (κ1) is 17.1. The Morgan fingerprint density at radius 3 is 2.39 bits per heavy atom. The zero-order valence-electron chi connectivity index (χ0n) is 11.5. The third-order valence-corrected chi connectivity index (χ3v) is 4.04. The van der Waals surface area contributed by atoms with E-state index in [4.69, 9.17) is 5.11 Å². The highest BCUT2D eigenvalue weighted by molar-refractivity contribution is 7.99. The van der Waals surface area contributed by atoms with E-state index in [0.29, 0.717) is 18.2 Å². The second kappa shape index (κ2) is 9.08. The van der Waals surface area contributed by atoms with Gasteiger partial charge in [0.2, 0.25) is 0 Å². The number of carbonyl (C=O) groups excluding carboxylic acids is 1. The van der Waals surface area contributed by atoms with Gasteiger partial charge in [-0.15, -0.1) is 0 Å². The second-order valence-electron chi connectivity index (χ2n) is 4.44. The van der Waals surface area contributed by atoms with Gasteiger partial charge in [-0.05, 0) is 18.6 Å². The topological polar surface area (TPSA) is 78.4 Å². The highest BCUT2D eigenvalue weighted by Gasteiger charge is 2.24. The fraction of sp³-hybridized carbons (Fsp3) is 0.833. The minimum Gasteiger partial charge on any atom is -0.480 e. The molecule has 0 spiro atoms. The third-order valence-electron chi connectivity index (χ3n) is 3.00. The van der Waals surface area contributed by atoms with Gasteiger partial charge in [-0.1, -0.05) is 27.2 Å². The molecule has 3 N–H and O–H groups in total. The van der Waals surface area contributed by atoms with Gasteiger partial charge in [-0.2, -0.15) is 11.8 Å². The van der Waals surface area contributed by atoms with Gasteiger partial charge in [-0.25, -0.2) is 9.59 Å². The van der Waals surface area contributed by atoms with Gasteiger partial charge in [-0.3, -0.25) is 0 Å². The molecule has 0 heterocycles. The van der Waals surface area contributed by atoms with E-state index in [2.05, 4.69) is 17.6 Å². The van der Waals surface area contributed by atoms with Crippen LogP contribution in [0.25, 0.3) is 0 Å². The number of hydrogen-bond donors (Lipinski definition) is 3. The van der Waals surface area contributed by atoms with Crippen LogP contribution in [0.15, 0.2) is 0 Å². The van der Waals surface area contributed by atoms with Gasteiger partial charge >= 0.3 is 12.0 Å². The maximum atomic E-state index is 11.6. The molecule has 0 saturated carbocycles. The Hall–Kier alpha value is -0.910. The molecular weight excluding hydrogens is 252 g/mol. The number of thioether (sulfide) groups is 1. The molecule has 0 radical (unpaired) electrons. The summed E-state index contributed by atoms with van der Waals surface area (Å²) in [6.45, 7) is 6.36. The Balaban J connectivity index is 4.07. The fourth-order valence-corrected chi connectivity index (χ4v) is 1.74. The molecule has 5 nitrogen and oxygen atoms in total. The van der Waals surface area contributed by atoms with Crippen molar-refractivity contribution in [3.63, 3.8) is 0 Å². The van der Waals surface area contributed by atoms with Crippen molar-refractivity contribution in [3.8, 4) is 0 Å². The first-order valence-electron chi connectivity index (χ1n) is 6.22. The van der Waals surface area contributed by atoms with Gasteiger partial charge in [0.15, 0.2) is 0 Å². The quantitative estimate of drug-likeness (QED) is 0.633. The Kier molecular flexibility index (Phi) is 8.62. The number of urea groups is 1. The first-order chi connectivity index (χ1) is 8.42. The molecule has 106 valence electrons. The van der Waals surface area contributed by atoms with E-state index in [-0.39, 0.29) is 5.92 Å². The molecule has 0 aromatic carbocycles. The smallest absolute Gasteiger partial charge is 0.326 e. The maximum absolute atomic E-state index is 11.6. The molecule has 0 fully saturated rings. The van der Waals surface area contributed by atoms with Crippen LogP contribution in [0, 0.1) is 5.92 Å². The van der Waals surface area contributed by atoms with Gasteiger partial charge in [0.05, 0.1) is 0 Å². The molecule has 2 amide bonds. The van der Waals surface area contributed by atoms with Crippen molar-refractivity contribution in [2.24, 2.45) is 5.92 Å². The summed E-state index contributed by atoms with van der Waals surface area (Å²) in [7, 11) is 0. The van der Waals surface area contributed by atoms with Crippen molar-refractivity contribution in [3.05, 3.63) is 0 Å². The number of carboxylic acid groups (broad SMARTS) is 1. The monoisotopic (exact) mass is 276 g/mol. The maximum Gasteiger partial charge on any atom is 0.326 e. The van der Waals surface area contributed by atoms with Gasteiger partial charge in [0.25, 0.3) is 0 Å². The minimum absolute atomic E-state index is 0.0848. The van der Waals surface area contributed by atoms with E-state index in [1.54, 1.807) is 11.8 Å². The van der Waals surface area contributed by atoms with Gasteiger partial charge < -0.3 is 15.7 Å². The van der Waals surface area contributed by atoms with E-state index in [1.807, 2.05) is 20.1 Å². The number of rotatable bonds is 8. The summed E-state index contributed by atoms with van der Waals surface area (Å²) in [6, 6.07) is -1.23. The molecule has 0 aliphatic carbocycles. The van der Waals surface area contributed by atoms with E-state index in [0.717, 1.165) is 6.42 Å². The molecule has 0 aromatic heterocycles. The Bertz CT molecular complexity index is 274. The summed E-state index contributed by atoms with van der Waals surface area (Å²) < 4.78 is 0. The number of carbonyl (C=O) groups is 2. The SMILES string of the molecule is CC[C@H](C)[C@H](NC(=O)NCCC(C)SC)C(=O)O. The number of carboxylic acids is 1. The van der Waals surface area contributed by atoms with Gasteiger partial charge in [0, 0.05) is 11.8 Å². The molecule has 18 heavy (non-hydrogen) atoms. The number of amides is 2. The number of hydrogen-bond acceptors (Lipinski definition) is 3. The zero-order valence-corrected chi connectivity index (χ0v) is 12.3. The summed E-state index contributed by atoms with van der Waals surface area (Å²) >= 11 is 1.74. The summed E-state index contributed by atoms with van der Waals surface area (Å²) in [6.07, 6.45) is 3.60. The Morgan fingerprint density at radius 2 is 1.94 bits per heavy atom. The van der Waals surface area contributed by atoms with Crippen LogP contribution >= 0.6 is 11.8 Å². The van der Waals surface area contributed by atoms with Crippen LogP contribution < -0.4 is 10.6 Å². The van der Waals surface area contributed by atoms with Crippen LogP contribution in [0.1, 0.15) is 33.6 Å². The number of aliphatic carboxylic acids is 1. The average Bonchev–Trinajstić information content (AvgIpc) is 2.34. The predicted octanol–water partition coefficient (Wildman–Crippen LogP) is 1.93. The van der Waals surface area contributed by atoms with Gasteiger partial charge in [0.1, 0.15) is 6.04 Å². The Morgan fingerprint density at radius 1 is 1.33 bits per heavy atom. The van der Waals surface area contributed by atoms with E-state index in [9.17, 15) is 9.59 Å². The van der Waals surface area contributed by atoms with Crippen molar-refractivity contribution in [1.29, 1.82) is 0 Å². The van der Waals surface area contributed by atoms with Crippen LogP contribution in [-0.4, -0.2) is 41.2 Å². The molecule has 0 saturated heterocycles. The highest BCUT2D eigenvalue weighted by atomic mass is 32.2. The predicted molar refractivity (Wildman–Crippen MR) is 75.0 cm³/mol. The molecule has 0 aliphatic heterocycles. The molecule has 6 heteroatoms. The summed E-state index contributed by atoms with van der Waals surface area (Å²) in [5.74, 6) is -1.07. The molecular formula is C12H24N2O3S. The normalized spacial score (nSPS) is 15.6. The summed E-state index contributed by atoms with van der Waals surface area (Å²) in [4.78, 5) is 22.6. The largest absolute Gasteiger partial charge is 0.480 e. The summed E-state index contributed by atoms with van der Waals surface area (Å²) in [5, 5.41) is 14.7. The molecule has 0 rings (SSSR count). The molecule has 0 aliphatic rings. The van der Waals surface area contributed by atoms with Crippen LogP contribution in [0.2, 0.25) is 0 Å². The molecule has 3 atom stereocenters. The van der Waals surface area contributed by atoms with Crippen LogP contribution in [0.4, 0.5) is 4.79 Å². The van der Waals surface area contributed by atoms with Crippen molar-refractivity contribution in [2.75, 3.05) is 12.8 Å². The minimum atomic E-state index is -0.989. The van der Waals surface area contributed by atoms with E-state index < -0.39 is 18.0 Å². The van der Waals surface area contributed by atoms with Crippen LogP contribution in [-0.2, 0) is 4.79 Å². The third kappa shape index (κ3) is 6.74. The van der Waals surface area contributed by atoms with E-state index >= 15 is 0 Å². The van der Waals surface area contributed by atoms with Crippen LogP contribution in [0.5, 0.6) is 0 Å². The molecule has 0 aromatic rings. The van der Waals surface area contributed by atoms with E-state index in [1.165, 1.54) is 0 Å².